The predicted molar refractivity (Wildman–Crippen MR) is 547 cm³/mol. The van der Waals surface area contributed by atoms with Crippen LogP contribution < -0.4 is 0 Å². The highest BCUT2D eigenvalue weighted by Crippen LogP contribution is 2.38. The second-order valence-electron chi connectivity index (χ2n) is 42.7. The number of aromatic amines is 2. The van der Waals surface area contributed by atoms with Crippen LogP contribution in [0.15, 0.2) is 194 Å². The van der Waals surface area contributed by atoms with E-state index >= 15 is 0 Å². The van der Waals surface area contributed by atoms with E-state index in [9.17, 15) is 0 Å². The average Bonchev–Trinajstić information content (AvgIpc) is 1.59. The van der Waals surface area contributed by atoms with Crippen molar-refractivity contribution in [2.75, 3.05) is 0 Å². The van der Waals surface area contributed by atoms with Crippen molar-refractivity contribution in [2.24, 2.45) is 0 Å². The average molecular weight is 1770 g/mol. The van der Waals surface area contributed by atoms with Crippen LogP contribution in [0, 0.1) is 94.7 Å². The molecule has 0 atom stereocenters. The molecule has 7 aromatic heterocycles. The van der Waals surface area contributed by atoms with Gasteiger partial charge in [-0.25, -0.2) is 69.8 Å². The molecule has 0 spiro atoms. The molecule has 9 heterocycles. The van der Waals surface area contributed by atoms with Gasteiger partial charge in [-0.3, -0.25) is 0 Å². The lowest BCUT2D eigenvalue weighted by atomic mass is 9.87. The summed E-state index contributed by atoms with van der Waals surface area (Å²) in [7, 11) is 0. The van der Waals surface area contributed by atoms with Crippen LogP contribution in [-0.4, -0.2) is 79.7 Å². The van der Waals surface area contributed by atoms with Crippen LogP contribution in [0.4, 0.5) is 0 Å². The van der Waals surface area contributed by atoms with E-state index in [1.165, 1.54) is 0 Å². The number of rotatable bonds is 0. The van der Waals surface area contributed by atoms with Gasteiger partial charge in [-0.1, -0.05) is 311 Å². The minimum atomic E-state index is -0.106. The number of H-pyrrole nitrogens is 2. The van der Waals surface area contributed by atoms with Crippen LogP contribution in [0.3, 0.4) is 0 Å². The Bertz CT molecular complexity index is 7150. The zero-order chi connectivity index (χ0) is 96.3. The molecule has 2 aliphatic rings. The predicted octanol–water partition coefficient (Wildman–Crippen LogP) is 23.6. The number of nitrogens with one attached hydrogen (secondary N) is 2. The van der Waals surface area contributed by atoms with Crippen molar-refractivity contribution in [3.8, 4) is 141 Å². The topological polar surface area (TPSA) is 212 Å². The molecule has 0 saturated carbocycles. The zero-order valence-corrected chi connectivity index (χ0v) is 81.7. The van der Waals surface area contributed by atoms with Gasteiger partial charge in [0.1, 0.15) is 90.4 Å². The molecule has 16 heteroatoms. The monoisotopic (exact) mass is 1770 g/mol. The summed E-state index contributed by atoms with van der Waals surface area (Å²) in [4.78, 5) is 83.9. The molecule has 0 radical (unpaired) electrons. The minimum absolute atomic E-state index is 0.0536. The molecule has 2 aliphatic heterocycles. The fourth-order valence-corrected chi connectivity index (χ4v) is 15.1. The molecule has 0 amide bonds. The molecular weight excluding hydrogens is 1670 g/mol. The molecule has 0 saturated heterocycles. The van der Waals surface area contributed by atoms with Crippen molar-refractivity contribution in [2.45, 2.75) is 209 Å². The maximum atomic E-state index is 5.52. The van der Waals surface area contributed by atoms with Crippen molar-refractivity contribution in [3.63, 3.8) is 0 Å². The van der Waals surface area contributed by atoms with E-state index in [1.54, 1.807) is 0 Å². The standard InChI is InChI=1S/C120H106N16/c1-113(2,3)81-49-25-73(26-50-81)41-65-89-90(66-42-74-27-51-82(52-28-74)114(4,5)6)122-98-97(121-89)105-129-106(98)134-108-101-102(126-94(70-46-78-35-59-86(60-36-78)118(16,17)18)93(125-101)69-45-77-33-57-85(58-34-77)117(13,14)15)110(131-108)136-112-104-103(127-95(71-47-79-37-61-87(62-38-79)119(19,20)21)96(128-104)72-48-80-39-63-88(64-40-80)120(22,23)24)111(132-112)135-109-100-99(107(130-109)133-105)123-91(67-43-75-29-53-83(54-30-75)115(7,8)9)92(124-100)68-44-76-31-55-84(56-32-76)116(10,11)12/h25-40,49-64H,1-24H3,(H2,129,130,131,132,133,134,135,136). The maximum absolute atomic E-state index is 5.52. The summed E-state index contributed by atoms with van der Waals surface area (Å²) in [6, 6.07) is 65.8. The van der Waals surface area contributed by atoms with Gasteiger partial charge in [0, 0.05) is 44.5 Å². The van der Waals surface area contributed by atoms with Crippen molar-refractivity contribution in [1.29, 1.82) is 0 Å². The summed E-state index contributed by atoms with van der Waals surface area (Å²) in [6.07, 6.45) is 0. The number of benzene rings is 8. The molecule has 8 bridgehead atoms. The minimum Gasteiger partial charge on any atom is -0.321 e. The largest absolute Gasteiger partial charge is 0.321 e. The Balaban J connectivity index is 1.01. The number of hydrogen-bond donors (Lipinski definition) is 2. The molecule has 136 heavy (non-hydrogen) atoms. The van der Waals surface area contributed by atoms with Crippen LogP contribution in [-0.2, 0) is 43.3 Å². The van der Waals surface area contributed by atoms with Gasteiger partial charge in [-0.15, -0.1) is 0 Å². The van der Waals surface area contributed by atoms with Crippen LogP contribution in [0.25, 0.3) is 90.7 Å². The van der Waals surface area contributed by atoms with Crippen LogP contribution in [0.2, 0.25) is 0 Å². The van der Waals surface area contributed by atoms with Crippen LogP contribution >= 0.6 is 0 Å². The quantitative estimate of drug-likeness (QED) is 0.135. The SMILES string of the molecule is CC(C)(C)c1ccc(C#Cc2nc3c(nc2C#Cc2ccc(C(C)(C)C)cc2)-c2nc-3nc3[nH]c(nc4nc(nc5[nH]c(n2)c2nc(C#Cc6ccc(C(C)(C)C)cc6)c(C#Cc6ccc(C(C)(C)C)cc6)nc52)-c2nc(C#Cc5ccc(C(C)(C)C)cc5)c(C#Cc5ccc(C(C)(C)C)cc5)nc2-4)c2nc(C#Cc4ccc(C(C)(C)C)cc4)c(C#Cc4ccc(C(C)(C)C)cc4)nc32)cc1. The van der Waals surface area contributed by atoms with Crippen molar-refractivity contribution >= 4 is 44.7 Å². The molecule has 8 aromatic carbocycles. The zero-order valence-electron chi connectivity index (χ0n) is 81.7. The van der Waals surface area contributed by atoms with E-state index in [0.29, 0.717) is 0 Å². The van der Waals surface area contributed by atoms with E-state index in [-0.39, 0.29) is 180 Å². The third-order valence-electron chi connectivity index (χ3n) is 23.7. The van der Waals surface area contributed by atoms with E-state index in [2.05, 4.69) is 368 Å². The summed E-state index contributed by atoms with van der Waals surface area (Å²) in [5.41, 5.74) is 18.7. The second kappa shape index (κ2) is 35.5. The highest BCUT2D eigenvalue weighted by molar-refractivity contribution is 6.02. The van der Waals surface area contributed by atoms with Crippen molar-refractivity contribution < 1.29 is 0 Å². The molecular formula is C120H106N16. The molecule has 2 N–H and O–H groups in total. The number of aromatic nitrogens is 16. The molecule has 0 fully saturated rings. The molecule has 0 aliphatic carbocycles. The first kappa shape index (κ1) is 91.8. The van der Waals surface area contributed by atoms with Gasteiger partial charge in [0.15, 0.2) is 45.9 Å². The van der Waals surface area contributed by atoms with Crippen LogP contribution in [0.5, 0.6) is 0 Å². The Morgan fingerprint density at radius 2 is 0.272 bits per heavy atom. The van der Waals surface area contributed by atoms with E-state index < -0.39 is 0 Å². The van der Waals surface area contributed by atoms with E-state index in [0.717, 1.165) is 89.0 Å². The van der Waals surface area contributed by atoms with E-state index in [1.807, 2.05) is 97.1 Å². The molecule has 0 unspecified atom stereocenters. The maximum Gasteiger partial charge on any atom is 0.184 e. The van der Waals surface area contributed by atoms with E-state index in [4.69, 9.17) is 69.8 Å². The van der Waals surface area contributed by atoms with Gasteiger partial charge >= 0.3 is 0 Å². The van der Waals surface area contributed by atoms with Gasteiger partial charge < -0.3 is 9.97 Å². The highest BCUT2D eigenvalue weighted by atomic mass is 15.1. The Morgan fingerprint density at radius 1 is 0.147 bits per heavy atom. The van der Waals surface area contributed by atoms with Gasteiger partial charge in [-0.05, 0) is 232 Å². The Labute approximate surface area is 798 Å². The van der Waals surface area contributed by atoms with Gasteiger partial charge in [0.25, 0.3) is 0 Å². The molecule has 17 rings (SSSR count). The molecule has 16 nitrogen and oxygen atoms in total. The fourth-order valence-electron chi connectivity index (χ4n) is 15.1. The normalized spacial score (nSPS) is 11.9. The third-order valence-corrected chi connectivity index (χ3v) is 23.7. The van der Waals surface area contributed by atoms with Crippen LogP contribution in [0.1, 0.15) is 301 Å². The van der Waals surface area contributed by atoms with Gasteiger partial charge in [-0.2, -0.15) is 0 Å². The first-order chi connectivity index (χ1) is 64.3. The third kappa shape index (κ3) is 20.6. The summed E-state index contributed by atoms with van der Waals surface area (Å²) < 4.78 is 0. The summed E-state index contributed by atoms with van der Waals surface area (Å²) in [6.45, 7) is 52.4. The first-order valence-corrected chi connectivity index (χ1v) is 45.8. The second-order valence-corrected chi connectivity index (χ2v) is 42.7. The lowest BCUT2D eigenvalue weighted by Gasteiger charge is -2.18. The Morgan fingerprint density at radius 3 is 0.397 bits per heavy atom. The summed E-state index contributed by atoms with van der Waals surface area (Å²) in [5.74, 6) is 54.9. The van der Waals surface area contributed by atoms with Gasteiger partial charge in [0.05, 0.1) is 0 Å². The summed E-state index contributed by atoms with van der Waals surface area (Å²) in [5, 5.41) is 0. The molecule has 15 aromatic rings. The van der Waals surface area contributed by atoms with Crippen molar-refractivity contribution in [3.05, 3.63) is 329 Å². The Kier molecular flexibility index (Phi) is 23.9. The fraction of sp³-hybridized carbons (Fsp3) is 0.267. The smallest absolute Gasteiger partial charge is 0.184 e. The highest BCUT2D eigenvalue weighted by Gasteiger charge is 2.31. The summed E-state index contributed by atoms with van der Waals surface area (Å²) >= 11 is 0. The first-order valence-electron chi connectivity index (χ1n) is 45.8. The number of hydrogen-bond acceptors (Lipinski definition) is 14. The van der Waals surface area contributed by atoms with Crippen molar-refractivity contribution in [1.82, 2.24) is 79.7 Å². The van der Waals surface area contributed by atoms with Gasteiger partial charge in [0.2, 0.25) is 0 Å². The number of nitrogens with zero attached hydrogens (tertiary/aromatic N) is 14. The Hall–Kier alpha value is -16.1. The number of fused-ring (bicyclic) bond motifs is 20. The molecule has 666 valence electrons. The lowest BCUT2D eigenvalue weighted by molar-refractivity contribution is 0.590. The lowest BCUT2D eigenvalue weighted by Crippen LogP contribution is -2.10.